The van der Waals surface area contributed by atoms with E-state index in [1.807, 2.05) is 49.6 Å². The molecule has 2 aromatic carbocycles. The largest absolute Gasteiger partial charge is 0.454 e. The van der Waals surface area contributed by atoms with Gasteiger partial charge in [-0.05, 0) is 55.3 Å². The zero-order chi connectivity index (χ0) is 21.8. The lowest BCUT2D eigenvalue weighted by Gasteiger charge is -2.19. The molecule has 0 unspecified atom stereocenters. The molecule has 4 rings (SSSR count). The summed E-state index contributed by atoms with van der Waals surface area (Å²) in [7, 11) is 0. The zero-order valence-corrected chi connectivity index (χ0v) is 18.9. The highest BCUT2D eigenvalue weighted by Crippen LogP contribution is 2.33. The Hall–Kier alpha value is -2.90. The van der Waals surface area contributed by atoms with Gasteiger partial charge in [-0.1, -0.05) is 25.1 Å². The SMILES string of the molecule is CCN(Cc1ccc2c(c1)OCO2)Cc1csc(CC(=O)Nc2cc(C)ccc2C)n1. The summed E-state index contributed by atoms with van der Waals surface area (Å²) in [5.74, 6) is 1.57. The minimum Gasteiger partial charge on any atom is -0.454 e. The van der Waals surface area contributed by atoms with Gasteiger partial charge >= 0.3 is 0 Å². The predicted octanol–water partition coefficient (Wildman–Crippen LogP) is 4.69. The molecule has 0 saturated carbocycles. The molecule has 1 aromatic heterocycles. The molecule has 0 bridgehead atoms. The summed E-state index contributed by atoms with van der Waals surface area (Å²) < 4.78 is 10.9. The van der Waals surface area contributed by atoms with E-state index in [1.165, 1.54) is 16.9 Å². The minimum absolute atomic E-state index is 0.0395. The molecule has 6 nitrogen and oxygen atoms in total. The minimum atomic E-state index is -0.0395. The Bertz CT molecular complexity index is 1080. The number of amides is 1. The number of nitrogens with zero attached hydrogens (tertiary/aromatic N) is 2. The number of benzene rings is 2. The van der Waals surface area contributed by atoms with Crippen molar-refractivity contribution in [1.29, 1.82) is 0 Å². The third kappa shape index (κ3) is 5.42. The number of hydrogen-bond acceptors (Lipinski definition) is 6. The van der Waals surface area contributed by atoms with Crippen molar-refractivity contribution >= 4 is 22.9 Å². The smallest absolute Gasteiger partial charge is 0.231 e. The van der Waals surface area contributed by atoms with Crippen LogP contribution in [0.2, 0.25) is 0 Å². The molecule has 1 aliphatic rings. The van der Waals surface area contributed by atoms with Crippen LogP contribution >= 0.6 is 11.3 Å². The van der Waals surface area contributed by atoms with Gasteiger partial charge in [-0.3, -0.25) is 9.69 Å². The Balaban J connectivity index is 1.34. The molecule has 7 heteroatoms. The number of ether oxygens (including phenoxy) is 2. The van der Waals surface area contributed by atoms with Crippen LogP contribution in [0.1, 0.15) is 34.3 Å². The third-order valence-corrected chi connectivity index (χ3v) is 6.15. The number of thiazole rings is 1. The number of anilines is 1. The van der Waals surface area contributed by atoms with Crippen molar-refractivity contribution in [2.75, 3.05) is 18.7 Å². The van der Waals surface area contributed by atoms with E-state index < -0.39 is 0 Å². The fraction of sp³-hybridized carbons (Fsp3) is 0.333. The zero-order valence-electron chi connectivity index (χ0n) is 18.1. The van der Waals surface area contributed by atoms with Gasteiger partial charge in [0, 0.05) is 24.2 Å². The quantitative estimate of drug-likeness (QED) is 0.554. The summed E-state index contributed by atoms with van der Waals surface area (Å²) in [6, 6.07) is 12.1. The van der Waals surface area contributed by atoms with Gasteiger partial charge in [-0.2, -0.15) is 0 Å². The summed E-state index contributed by atoms with van der Waals surface area (Å²) in [4.78, 5) is 19.5. The highest BCUT2D eigenvalue weighted by Gasteiger charge is 2.16. The van der Waals surface area contributed by atoms with Crippen LogP contribution in [-0.2, 0) is 24.3 Å². The average Bonchev–Trinajstić information content (AvgIpc) is 3.39. The number of fused-ring (bicyclic) bond motifs is 1. The van der Waals surface area contributed by atoms with Gasteiger partial charge in [0.25, 0.3) is 0 Å². The summed E-state index contributed by atoms with van der Waals surface area (Å²) in [6.45, 7) is 8.87. The molecule has 0 aliphatic carbocycles. The van der Waals surface area contributed by atoms with Crippen LogP contribution in [0.3, 0.4) is 0 Å². The van der Waals surface area contributed by atoms with Crippen LogP contribution in [-0.4, -0.2) is 29.1 Å². The Labute approximate surface area is 186 Å². The number of carbonyl (C=O) groups excluding carboxylic acids is 1. The first kappa shape index (κ1) is 21.3. The standard InChI is InChI=1S/C24H27N3O3S/c1-4-27(12-18-7-8-21-22(10-18)30-15-29-21)13-19-14-31-24(25-19)11-23(28)26-20-9-16(2)5-6-17(20)3/h5-10,14H,4,11-13,15H2,1-3H3,(H,26,28). The molecule has 0 atom stereocenters. The van der Waals surface area contributed by atoms with Gasteiger partial charge < -0.3 is 14.8 Å². The fourth-order valence-electron chi connectivity index (χ4n) is 3.51. The molecule has 162 valence electrons. The number of hydrogen-bond donors (Lipinski definition) is 1. The van der Waals surface area contributed by atoms with Gasteiger partial charge in [0.15, 0.2) is 11.5 Å². The fourth-order valence-corrected chi connectivity index (χ4v) is 4.29. The summed E-state index contributed by atoms with van der Waals surface area (Å²) >= 11 is 1.54. The van der Waals surface area contributed by atoms with Crippen LogP contribution in [0.4, 0.5) is 5.69 Å². The number of rotatable bonds is 8. The van der Waals surface area contributed by atoms with Crippen molar-refractivity contribution in [2.24, 2.45) is 0 Å². The van der Waals surface area contributed by atoms with Gasteiger partial charge in [0.2, 0.25) is 12.7 Å². The number of aromatic nitrogens is 1. The number of nitrogens with one attached hydrogen (secondary N) is 1. The van der Waals surface area contributed by atoms with Gasteiger partial charge in [-0.15, -0.1) is 11.3 Å². The van der Waals surface area contributed by atoms with Gasteiger partial charge in [-0.25, -0.2) is 4.98 Å². The van der Waals surface area contributed by atoms with Gasteiger partial charge in [0.05, 0.1) is 12.1 Å². The maximum atomic E-state index is 12.5. The Morgan fingerprint density at radius 3 is 2.81 bits per heavy atom. The van der Waals surface area contributed by atoms with Gasteiger partial charge in [0.1, 0.15) is 5.01 Å². The second-order valence-corrected chi connectivity index (χ2v) is 8.71. The van der Waals surface area contributed by atoms with E-state index in [-0.39, 0.29) is 19.1 Å². The first-order valence-corrected chi connectivity index (χ1v) is 11.3. The Kier molecular flexibility index (Phi) is 6.53. The van der Waals surface area contributed by atoms with Crippen LogP contribution in [0.25, 0.3) is 0 Å². The Morgan fingerprint density at radius 2 is 1.97 bits per heavy atom. The van der Waals surface area contributed by atoms with E-state index in [1.54, 1.807) is 0 Å². The molecule has 0 spiro atoms. The van der Waals surface area contributed by atoms with E-state index in [9.17, 15) is 4.79 Å². The molecular weight excluding hydrogens is 410 g/mol. The second-order valence-electron chi connectivity index (χ2n) is 7.77. The monoisotopic (exact) mass is 437 g/mol. The number of carbonyl (C=O) groups is 1. The molecule has 0 radical (unpaired) electrons. The molecular formula is C24H27N3O3S. The molecule has 1 amide bonds. The molecule has 1 aliphatic heterocycles. The highest BCUT2D eigenvalue weighted by atomic mass is 32.1. The highest BCUT2D eigenvalue weighted by molar-refractivity contribution is 7.09. The normalized spacial score (nSPS) is 12.4. The maximum Gasteiger partial charge on any atom is 0.231 e. The lowest BCUT2D eigenvalue weighted by atomic mass is 10.1. The first-order chi connectivity index (χ1) is 15.0. The van der Waals surface area contributed by atoms with Crippen molar-refractivity contribution in [1.82, 2.24) is 9.88 Å². The van der Waals surface area contributed by atoms with Crippen LogP contribution in [0.15, 0.2) is 41.8 Å². The summed E-state index contributed by atoms with van der Waals surface area (Å²) in [5.41, 5.74) is 5.21. The van der Waals surface area contributed by atoms with Crippen molar-refractivity contribution in [3.05, 3.63) is 69.2 Å². The molecule has 0 saturated heterocycles. The van der Waals surface area contributed by atoms with E-state index in [0.717, 1.165) is 58.6 Å². The molecule has 1 N–H and O–H groups in total. The molecule has 3 aromatic rings. The topological polar surface area (TPSA) is 63.7 Å². The lowest BCUT2D eigenvalue weighted by molar-refractivity contribution is -0.115. The van der Waals surface area contributed by atoms with Crippen molar-refractivity contribution in [2.45, 2.75) is 40.3 Å². The van der Waals surface area contributed by atoms with Crippen LogP contribution in [0, 0.1) is 13.8 Å². The summed E-state index contributed by atoms with van der Waals surface area (Å²) in [5, 5.41) is 5.88. The van der Waals surface area contributed by atoms with Crippen molar-refractivity contribution < 1.29 is 14.3 Å². The lowest BCUT2D eigenvalue weighted by Crippen LogP contribution is -2.22. The number of aryl methyl sites for hydroxylation is 2. The van der Waals surface area contributed by atoms with E-state index >= 15 is 0 Å². The van der Waals surface area contributed by atoms with Crippen molar-refractivity contribution in [3.8, 4) is 11.5 Å². The summed E-state index contributed by atoms with van der Waals surface area (Å²) in [6.07, 6.45) is 0.284. The molecule has 2 heterocycles. The first-order valence-electron chi connectivity index (χ1n) is 10.4. The third-order valence-electron chi connectivity index (χ3n) is 5.25. The molecule has 31 heavy (non-hydrogen) atoms. The van der Waals surface area contributed by atoms with E-state index in [0.29, 0.717) is 0 Å². The van der Waals surface area contributed by atoms with Crippen LogP contribution in [0.5, 0.6) is 11.5 Å². The predicted molar refractivity (Wildman–Crippen MR) is 123 cm³/mol. The van der Waals surface area contributed by atoms with Crippen LogP contribution < -0.4 is 14.8 Å². The van der Waals surface area contributed by atoms with E-state index in [2.05, 4.69) is 23.2 Å². The molecule has 0 fully saturated rings. The Morgan fingerprint density at radius 1 is 1.13 bits per heavy atom. The average molecular weight is 438 g/mol. The maximum absolute atomic E-state index is 12.5. The van der Waals surface area contributed by atoms with E-state index in [4.69, 9.17) is 14.5 Å². The van der Waals surface area contributed by atoms with Crippen molar-refractivity contribution in [3.63, 3.8) is 0 Å². The second kappa shape index (κ2) is 9.49.